The molecule has 1 aromatic rings. The second-order valence-corrected chi connectivity index (χ2v) is 3.15. The third-order valence-corrected chi connectivity index (χ3v) is 1.91. The lowest BCUT2D eigenvalue weighted by Gasteiger charge is -1.99. The van der Waals surface area contributed by atoms with Crippen LogP contribution in [-0.4, -0.2) is 4.92 Å². The number of nitro groups is 1. The molecular weight excluding hydrogens is 201 g/mol. The molecule has 0 fully saturated rings. The standard InChI is InChI=1S/C7H5Cl2NO2/c1-4-2-5(8)3-6(9)7(4)10(11)12/h2-3H,1H3. The summed E-state index contributed by atoms with van der Waals surface area (Å²) in [6, 6.07) is 2.86. The van der Waals surface area contributed by atoms with Gasteiger partial charge in [-0.25, -0.2) is 0 Å². The Bertz CT molecular complexity index is 315. The van der Waals surface area contributed by atoms with Crippen LogP contribution in [0.15, 0.2) is 12.1 Å². The minimum Gasteiger partial charge on any atom is -0.258 e. The zero-order valence-electron chi connectivity index (χ0n) is 6.17. The molecule has 0 amide bonds. The van der Waals surface area contributed by atoms with E-state index in [0.29, 0.717) is 10.6 Å². The van der Waals surface area contributed by atoms with Crippen molar-refractivity contribution in [1.29, 1.82) is 0 Å². The Morgan fingerprint density at radius 2 is 2.00 bits per heavy atom. The van der Waals surface area contributed by atoms with Crippen molar-refractivity contribution < 1.29 is 4.92 Å². The largest absolute Gasteiger partial charge is 0.290 e. The summed E-state index contributed by atoms with van der Waals surface area (Å²) < 4.78 is 0. The van der Waals surface area contributed by atoms with Crippen LogP contribution in [-0.2, 0) is 0 Å². The lowest BCUT2D eigenvalue weighted by Crippen LogP contribution is -1.92. The molecule has 0 aliphatic heterocycles. The van der Waals surface area contributed by atoms with Gasteiger partial charge in [-0.2, -0.15) is 0 Å². The maximum absolute atomic E-state index is 10.4. The van der Waals surface area contributed by atoms with Crippen LogP contribution in [0.3, 0.4) is 0 Å². The van der Waals surface area contributed by atoms with Gasteiger partial charge in [-0.1, -0.05) is 23.2 Å². The van der Waals surface area contributed by atoms with Gasteiger partial charge in [0.1, 0.15) is 5.02 Å². The van der Waals surface area contributed by atoms with E-state index in [2.05, 4.69) is 0 Å². The fraction of sp³-hybridized carbons (Fsp3) is 0.143. The molecule has 12 heavy (non-hydrogen) atoms. The number of hydrogen-bond acceptors (Lipinski definition) is 2. The van der Waals surface area contributed by atoms with Gasteiger partial charge in [0.15, 0.2) is 0 Å². The summed E-state index contributed by atoms with van der Waals surface area (Å²) in [6.45, 7) is 1.59. The van der Waals surface area contributed by atoms with Crippen molar-refractivity contribution in [3.63, 3.8) is 0 Å². The third kappa shape index (κ3) is 1.68. The van der Waals surface area contributed by atoms with Gasteiger partial charge in [0, 0.05) is 10.6 Å². The molecule has 0 aromatic heterocycles. The topological polar surface area (TPSA) is 43.1 Å². The van der Waals surface area contributed by atoms with E-state index in [9.17, 15) is 10.1 Å². The van der Waals surface area contributed by atoms with Crippen molar-refractivity contribution in [2.24, 2.45) is 0 Å². The molecule has 0 aliphatic rings. The smallest absolute Gasteiger partial charge is 0.258 e. The monoisotopic (exact) mass is 205 g/mol. The van der Waals surface area contributed by atoms with Crippen molar-refractivity contribution in [3.05, 3.63) is 37.9 Å². The number of benzene rings is 1. The van der Waals surface area contributed by atoms with Crippen LogP contribution >= 0.6 is 23.2 Å². The number of hydrogen-bond donors (Lipinski definition) is 0. The van der Waals surface area contributed by atoms with Gasteiger partial charge in [-0.3, -0.25) is 10.1 Å². The summed E-state index contributed by atoms with van der Waals surface area (Å²) in [7, 11) is 0. The van der Waals surface area contributed by atoms with Gasteiger partial charge in [0.05, 0.1) is 4.92 Å². The molecule has 1 aromatic carbocycles. The normalized spacial score (nSPS) is 9.92. The van der Waals surface area contributed by atoms with Crippen molar-refractivity contribution in [2.75, 3.05) is 0 Å². The van der Waals surface area contributed by atoms with E-state index in [0.717, 1.165) is 0 Å². The Morgan fingerprint density at radius 1 is 1.42 bits per heavy atom. The van der Waals surface area contributed by atoms with Gasteiger partial charge >= 0.3 is 0 Å². The molecule has 0 saturated heterocycles. The Balaban J connectivity index is 3.38. The van der Waals surface area contributed by atoms with Crippen LogP contribution in [0.2, 0.25) is 10.0 Å². The number of halogens is 2. The molecule has 0 radical (unpaired) electrons. The molecule has 0 unspecified atom stereocenters. The maximum atomic E-state index is 10.4. The van der Waals surface area contributed by atoms with Crippen LogP contribution in [0.4, 0.5) is 5.69 Å². The Morgan fingerprint density at radius 3 is 2.42 bits per heavy atom. The molecule has 1 rings (SSSR count). The van der Waals surface area contributed by atoms with E-state index >= 15 is 0 Å². The fourth-order valence-electron chi connectivity index (χ4n) is 0.926. The third-order valence-electron chi connectivity index (χ3n) is 1.40. The second-order valence-electron chi connectivity index (χ2n) is 2.31. The molecular formula is C7H5Cl2NO2. The van der Waals surface area contributed by atoms with Crippen molar-refractivity contribution >= 4 is 28.9 Å². The Hall–Kier alpha value is -0.800. The molecule has 0 bridgehead atoms. The Labute approximate surface area is 79.1 Å². The number of aryl methyl sites for hydroxylation is 1. The summed E-state index contributed by atoms with van der Waals surface area (Å²) in [5, 5.41) is 10.9. The van der Waals surface area contributed by atoms with E-state index in [1.54, 1.807) is 6.92 Å². The highest BCUT2D eigenvalue weighted by atomic mass is 35.5. The molecule has 0 atom stereocenters. The summed E-state index contributed by atoms with van der Waals surface area (Å²) in [5.41, 5.74) is 0.388. The molecule has 3 nitrogen and oxygen atoms in total. The highest BCUT2D eigenvalue weighted by Crippen LogP contribution is 2.30. The quantitative estimate of drug-likeness (QED) is 0.522. The van der Waals surface area contributed by atoms with Crippen LogP contribution in [0, 0.1) is 17.0 Å². The lowest BCUT2D eigenvalue weighted by atomic mass is 10.2. The number of nitro benzene ring substituents is 1. The summed E-state index contributed by atoms with van der Waals surface area (Å²) >= 11 is 11.2. The Kier molecular flexibility index (Phi) is 2.55. The fourth-order valence-corrected chi connectivity index (χ4v) is 1.59. The molecule has 0 heterocycles. The van der Waals surface area contributed by atoms with Crippen LogP contribution in [0.25, 0.3) is 0 Å². The van der Waals surface area contributed by atoms with Gasteiger partial charge in [-0.05, 0) is 19.1 Å². The highest BCUT2D eigenvalue weighted by molar-refractivity contribution is 6.36. The maximum Gasteiger partial charge on any atom is 0.290 e. The van der Waals surface area contributed by atoms with Crippen molar-refractivity contribution in [3.8, 4) is 0 Å². The molecule has 0 saturated carbocycles. The highest BCUT2D eigenvalue weighted by Gasteiger charge is 2.16. The van der Waals surface area contributed by atoms with E-state index in [1.807, 2.05) is 0 Å². The molecule has 0 aliphatic carbocycles. The minimum atomic E-state index is -0.520. The van der Waals surface area contributed by atoms with Crippen molar-refractivity contribution in [1.82, 2.24) is 0 Å². The first-order valence-electron chi connectivity index (χ1n) is 3.12. The lowest BCUT2D eigenvalue weighted by molar-refractivity contribution is -0.385. The predicted octanol–water partition coefficient (Wildman–Crippen LogP) is 3.21. The first-order valence-corrected chi connectivity index (χ1v) is 3.88. The average molecular weight is 206 g/mol. The van der Waals surface area contributed by atoms with Gasteiger partial charge in [0.2, 0.25) is 0 Å². The number of rotatable bonds is 1. The van der Waals surface area contributed by atoms with E-state index in [4.69, 9.17) is 23.2 Å². The average Bonchev–Trinajstić information content (AvgIpc) is 1.82. The molecule has 5 heteroatoms. The summed E-state index contributed by atoms with van der Waals surface area (Å²) in [5.74, 6) is 0. The molecule has 0 spiro atoms. The van der Waals surface area contributed by atoms with Crippen LogP contribution < -0.4 is 0 Å². The first-order chi connectivity index (χ1) is 5.52. The molecule has 64 valence electrons. The predicted molar refractivity (Wildman–Crippen MR) is 47.9 cm³/mol. The SMILES string of the molecule is Cc1cc(Cl)cc(Cl)c1[N+](=O)[O-]. The molecule has 0 N–H and O–H groups in total. The van der Waals surface area contributed by atoms with E-state index in [1.165, 1.54) is 12.1 Å². The summed E-state index contributed by atoms with van der Waals surface area (Å²) in [6.07, 6.45) is 0. The van der Waals surface area contributed by atoms with Crippen LogP contribution in [0.5, 0.6) is 0 Å². The van der Waals surface area contributed by atoms with E-state index in [-0.39, 0.29) is 10.7 Å². The van der Waals surface area contributed by atoms with Crippen molar-refractivity contribution in [2.45, 2.75) is 6.92 Å². The zero-order valence-corrected chi connectivity index (χ0v) is 7.69. The number of nitrogens with zero attached hydrogens (tertiary/aromatic N) is 1. The second kappa shape index (κ2) is 3.29. The minimum absolute atomic E-state index is 0.0741. The summed E-state index contributed by atoms with van der Waals surface area (Å²) in [4.78, 5) is 9.91. The van der Waals surface area contributed by atoms with Gasteiger partial charge in [0.25, 0.3) is 5.69 Å². The van der Waals surface area contributed by atoms with Gasteiger partial charge < -0.3 is 0 Å². The van der Waals surface area contributed by atoms with Crippen LogP contribution in [0.1, 0.15) is 5.56 Å². The van der Waals surface area contributed by atoms with E-state index < -0.39 is 4.92 Å². The zero-order chi connectivity index (χ0) is 9.30. The first kappa shape index (κ1) is 9.29. The van der Waals surface area contributed by atoms with Gasteiger partial charge in [-0.15, -0.1) is 0 Å².